The maximum atomic E-state index is 12.0. The number of methoxy groups -OCH3 is 1. The highest BCUT2D eigenvalue weighted by Crippen LogP contribution is 2.29. The van der Waals surface area contributed by atoms with E-state index >= 15 is 0 Å². The van der Waals surface area contributed by atoms with Crippen LogP contribution in [0.2, 0.25) is 0 Å². The van der Waals surface area contributed by atoms with Gasteiger partial charge in [-0.15, -0.1) is 0 Å². The monoisotopic (exact) mass is 390 g/mol. The van der Waals surface area contributed by atoms with E-state index in [4.69, 9.17) is 4.74 Å². The van der Waals surface area contributed by atoms with Crippen molar-refractivity contribution in [2.75, 3.05) is 38.2 Å². The molecule has 150 valence electrons. The minimum atomic E-state index is -0.143. The predicted octanol–water partition coefficient (Wildman–Crippen LogP) is 2.83. The Labute approximate surface area is 170 Å². The van der Waals surface area contributed by atoms with Crippen molar-refractivity contribution in [1.82, 2.24) is 14.9 Å². The van der Waals surface area contributed by atoms with E-state index in [0.717, 1.165) is 26.2 Å². The Morgan fingerprint density at radius 3 is 2.10 bits per heavy atom. The Hall–Kier alpha value is -2.96. The molecule has 4 rings (SSSR count). The van der Waals surface area contributed by atoms with Crippen molar-refractivity contribution in [3.63, 3.8) is 0 Å². The highest BCUT2D eigenvalue weighted by atomic mass is 16.5. The number of piperazine rings is 1. The van der Waals surface area contributed by atoms with E-state index in [1.165, 1.54) is 17.2 Å². The van der Waals surface area contributed by atoms with E-state index in [-0.39, 0.29) is 11.6 Å². The van der Waals surface area contributed by atoms with Gasteiger partial charge in [0.25, 0.3) is 5.56 Å². The number of nitrogens with one attached hydrogen (secondary N) is 1. The van der Waals surface area contributed by atoms with E-state index in [0.29, 0.717) is 18.2 Å². The fraction of sp³-hybridized carbons (Fsp3) is 0.304. The number of aromatic nitrogens is 2. The largest absolute Gasteiger partial charge is 0.378 e. The van der Waals surface area contributed by atoms with Gasteiger partial charge in [0.05, 0.1) is 18.3 Å². The zero-order valence-electron chi connectivity index (χ0n) is 16.6. The van der Waals surface area contributed by atoms with Crippen LogP contribution in [0.5, 0.6) is 0 Å². The van der Waals surface area contributed by atoms with Gasteiger partial charge in [0, 0.05) is 39.4 Å². The Balaban J connectivity index is 1.54. The van der Waals surface area contributed by atoms with Crippen LogP contribution in [0.3, 0.4) is 0 Å². The second-order valence-electron chi connectivity index (χ2n) is 7.24. The van der Waals surface area contributed by atoms with Crippen molar-refractivity contribution in [3.8, 4) is 0 Å². The second-order valence-corrected chi connectivity index (χ2v) is 7.24. The molecule has 0 saturated carbocycles. The molecule has 3 aromatic rings. The third-order valence-corrected chi connectivity index (χ3v) is 5.28. The van der Waals surface area contributed by atoms with Crippen molar-refractivity contribution >= 4 is 5.95 Å². The number of benzene rings is 2. The van der Waals surface area contributed by atoms with Crippen LogP contribution >= 0.6 is 0 Å². The van der Waals surface area contributed by atoms with Crippen LogP contribution in [0, 0.1) is 0 Å². The first-order valence-electron chi connectivity index (χ1n) is 9.92. The summed E-state index contributed by atoms with van der Waals surface area (Å²) in [5.41, 5.74) is 3.10. The maximum Gasteiger partial charge on any atom is 0.252 e. The first-order chi connectivity index (χ1) is 14.2. The van der Waals surface area contributed by atoms with Crippen LogP contribution in [-0.4, -0.2) is 48.2 Å². The molecule has 6 heteroatoms. The quantitative estimate of drug-likeness (QED) is 0.701. The first kappa shape index (κ1) is 19.4. The SMILES string of the molecule is COCc1cc(=O)[nH]c(N2CCN(C(c3ccccc3)c3ccccc3)CC2)n1. The van der Waals surface area contributed by atoms with Gasteiger partial charge < -0.3 is 9.64 Å². The van der Waals surface area contributed by atoms with E-state index in [1.54, 1.807) is 7.11 Å². The van der Waals surface area contributed by atoms with Crippen LogP contribution in [-0.2, 0) is 11.3 Å². The van der Waals surface area contributed by atoms with Gasteiger partial charge in [-0.2, -0.15) is 0 Å². The van der Waals surface area contributed by atoms with Gasteiger partial charge in [0.15, 0.2) is 0 Å². The highest BCUT2D eigenvalue weighted by Gasteiger charge is 2.27. The van der Waals surface area contributed by atoms with Gasteiger partial charge >= 0.3 is 0 Å². The normalized spacial score (nSPS) is 15.0. The average molecular weight is 390 g/mol. The number of hydrogen-bond donors (Lipinski definition) is 1. The van der Waals surface area contributed by atoms with E-state index in [9.17, 15) is 4.79 Å². The summed E-state index contributed by atoms with van der Waals surface area (Å²) in [6.45, 7) is 3.70. The topological polar surface area (TPSA) is 61.5 Å². The van der Waals surface area contributed by atoms with Crippen LogP contribution in [0.4, 0.5) is 5.95 Å². The molecule has 2 aromatic carbocycles. The lowest BCUT2D eigenvalue weighted by molar-refractivity contribution is 0.181. The first-order valence-corrected chi connectivity index (χ1v) is 9.92. The number of ether oxygens (including phenoxy) is 1. The van der Waals surface area contributed by atoms with Gasteiger partial charge in [0.2, 0.25) is 5.95 Å². The predicted molar refractivity (Wildman–Crippen MR) is 114 cm³/mol. The minimum Gasteiger partial charge on any atom is -0.378 e. The molecule has 29 heavy (non-hydrogen) atoms. The molecule has 1 fully saturated rings. The summed E-state index contributed by atoms with van der Waals surface area (Å²) in [4.78, 5) is 24.1. The lowest BCUT2D eigenvalue weighted by Crippen LogP contribution is -2.48. The van der Waals surface area contributed by atoms with Gasteiger partial charge in [-0.05, 0) is 11.1 Å². The maximum absolute atomic E-state index is 12.0. The number of nitrogens with zero attached hydrogens (tertiary/aromatic N) is 3. The third kappa shape index (κ3) is 4.55. The fourth-order valence-electron chi connectivity index (χ4n) is 3.94. The lowest BCUT2D eigenvalue weighted by atomic mass is 9.96. The van der Waals surface area contributed by atoms with Crippen molar-refractivity contribution in [2.24, 2.45) is 0 Å². The summed E-state index contributed by atoms with van der Waals surface area (Å²) in [5, 5.41) is 0. The summed E-state index contributed by atoms with van der Waals surface area (Å²) in [6.07, 6.45) is 0. The van der Waals surface area contributed by atoms with Crippen LogP contribution in [0.15, 0.2) is 71.5 Å². The average Bonchev–Trinajstić information content (AvgIpc) is 2.76. The minimum absolute atomic E-state index is 0.143. The molecule has 2 heterocycles. The van der Waals surface area contributed by atoms with Crippen molar-refractivity contribution in [1.29, 1.82) is 0 Å². The number of H-pyrrole nitrogens is 1. The Morgan fingerprint density at radius 1 is 0.966 bits per heavy atom. The molecule has 1 saturated heterocycles. The number of hydrogen-bond acceptors (Lipinski definition) is 5. The van der Waals surface area contributed by atoms with E-state index in [2.05, 4.69) is 80.4 Å². The van der Waals surface area contributed by atoms with Crippen molar-refractivity contribution in [3.05, 3.63) is 93.9 Å². The summed E-state index contributed by atoms with van der Waals surface area (Å²) < 4.78 is 5.13. The Bertz CT molecular complexity index is 927. The molecular weight excluding hydrogens is 364 g/mol. The number of anilines is 1. The molecule has 0 atom stereocenters. The third-order valence-electron chi connectivity index (χ3n) is 5.28. The Kier molecular flexibility index (Phi) is 6.03. The highest BCUT2D eigenvalue weighted by molar-refractivity contribution is 5.34. The molecule has 1 aliphatic heterocycles. The van der Waals surface area contributed by atoms with Crippen molar-refractivity contribution in [2.45, 2.75) is 12.6 Å². The molecule has 6 nitrogen and oxygen atoms in total. The second kappa shape index (κ2) is 9.03. The lowest BCUT2D eigenvalue weighted by Gasteiger charge is -2.40. The molecule has 0 radical (unpaired) electrons. The van der Waals surface area contributed by atoms with Gasteiger partial charge in [-0.25, -0.2) is 4.98 Å². The fourth-order valence-corrected chi connectivity index (χ4v) is 3.94. The number of aromatic amines is 1. The van der Waals surface area contributed by atoms with Crippen molar-refractivity contribution < 1.29 is 4.74 Å². The molecule has 1 aliphatic rings. The van der Waals surface area contributed by atoms with Crippen LogP contribution in [0.25, 0.3) is 0 Å². The van der Waals surface area contributed by atoms with E-state index < -0.39 is 0 Å². The molecule has 0 bridgehead atoms. The van der Waals surface area contributed by atoms with Gasteiger partial charge in [0.1, 0.15) is 0 Å². The summed E-state index contributed by atoms with van der Waals surface area (Å²) in [5.74, 6) is 0.625. The number of rotatable bonds is 6. The summed E-state index contributed by atoms with van der Waals surface area (Å²) >= 11 is 0. The molecular formula is C23H26N4O2. The molecule has 1 aromatic heterocycles. The molecule has 0 spiro atoms. The summed E-state index contributed by atoms with van der Waals surface area (Å²) in [7, 11) is 1.61. The summed E-state index contributed by atoms with van der Waals surface area (Å²) in [6, 6.07) is 23.0. The van der Waals surface area contributed by atoms with Gasteiger partial charge in [-0.1, -0.05) is 60.7 Å². The van der Waals surface area contributed by atoms with Gasteiger partial charge in [-0.3, -0.25) is 14.7 Å². The Morgan fingerprint density at radius 2 is 1.55 bits per heavy atom. The molecule has 0 aliphatic carbocycles. The van der Waals surface area contributed by atoms with E-state index in [1.807, 2.05) is 0 Å². The smallest absolute Gasteiger partial charge is 0.252 e. The zero-order chi connectivity index (χ0) is 20.1. The molecule has 0 unspecified atom stereocenters. The molecule has 1 N–H and O–H groups in total. The van der Waals surface area contributed by atoms with Crippen LogP contribution in [0.1, 0.15) is 22.9 Å². The van der Waals surface area contributed by atoms with Crippen LogP contribution < -0.4 is 10.5 Å². The standard InChI is InChI=1S/C23H26N4O2/c1-29-17-20-16-21(28)25-23(24-20)27-14-12-26(13-15-27)22(18-8-4-2-5-9-18)19-10-6-3-7-11-19/h2-11,16,22H,12-15,17H2,1H3,(H,24,25,28). The molecule has 0 amide bonds. The zero-order valence-corrected chi connectivity index (χ0v) is 16.6.